The molecule has 0 aromatic carbocycles. The number of hydrogen-bond donors (Lipinski definition) is 0. The number of likely N-dealkylation sites (tertiary alicyclic amines) is 1. The van der Waals surface area contributed by atoms with Crippen LogP contribution in [0.3, 0.4) is 0 Å². The SMILES string of the molecule is COC(=O)C1CCN(CCN(C)C)C1(C)C. The van der Waals surface area contributed by atoms with Gasteiger partial charge in [-0.15, -0.1) is 0 Å². The zero-order valence-corrected chi connectivity index (χ0v) is 11.1. The van der Waals surface area contributed by atoms with Crippen molar-refractivity contribution in [1.29, 1.82) is 0 Å². The summed E-state index contributed by atoms with van der Waals surface area (Å²) in [5, 5.41) is 0. The molecule has 1 fully saturated rings. The molecule has 1 atom stereocenters. The van der Waals surface area contributed by atoms with E-state index in [0.717, 1.165) is 26.1 Å². The van der Waals surface area contributed by atoms with Gasteiger partial charge in [-0.1, -0.05) is 0 Å². The van der Waals surface area contributed by atoms with Gasteiger partial charge in [0, 0.05) is 18.6 Å². The van der Waals surface area contributed by atoms with Crippen molar-refractivity contribution in [3.63, 3.8) is 0 Å². The van der Waals surface area contributed by atoms with E-state index in [2.05, 4.69) is 37.7 Å². The zero-order valence-electron chi connectivity index (χ0n) is 11.1. The first-order valence-electron chi connectivity index (χ1n) is 5.87. The minimum atomic E-state index is -0.0803. The molecule has 0 amide bonds. The molecule has 0 aliphatic carbocycles. The third-order valence-electron chi connectivity index (χ3n) is 3.66. The van der Waals surface area contributed by atoms with E-state index in [1.54, 1.807) is 0 Å². The summed E-state index contributed by atoms with van der Waals surface area (Å²) >= 11 is 0. The second-order valence-corrected chi connectivity index (χ2v) is 5.31. The minimum Gasteiger partial charge on any atom is -0.469 e. The summed E-state index contributed by atoms with van der Waals surface area (Å²) in [4.78, 5) is 16.2. The fraction of sp³-hybridized carbons (Fsp3) is 0.917. The molecule has 0 spiro atoms. The van der Waals surface area contributed by atoms with E-state index in [9.17, 15) is 4.79 Å². The second kappa shape index (κ2) is 5.15. The average Bonchev–Trinajstić information content (AvgIpc) is 2.49. The Morgan fingerprint density at radius 2 is 2.12 bits per heavy atom. The van der Waals surface area contributed by atoms with Crippen LogP contribution in [0.4, 0.5) is 0 Å². The van der Waals surface area contributed by atoms with Crippen LogP contribution in [0.15, 0.2) is 0 Å². The van der Waals surface area contributed by atoms with Crippen LogP contribution < -0.4 is 0 Å². The third-order valence-corrected chi connectivity index (χ3v) is 3.66. The van der Waals surface area contributed by atoms with Crippen molar-refractivity contribution in [2.45, 2.75) is 25.8 Å². The largest absolute Gasteiger partial charge is 0.469 e. The smallest absolute Gasteiger partial charge is 0.310 e. The van der Waals surface area contributed by atoms with Gasteiger partial charge in [0.25, 0.3) is 0 Å². The van der Waals surface area contributed by atoms with Gasteiger partial charge in [-0.2, -0.15) is 0 Å². The first-order valence-corrected chi connectivity index (χ1v) is 5.87. The van der Waals surface area contributed by atoms with Crippen LogP contribution in [-0.2, 0) is 9.53 Å². The fourth-order valence-corrected chi connectivity index (χ4v) is 2.42. The Morgan fingerprint density at radius 3 is 2.62 bits per heavy atom. The van der Waals surface area contributed by atoms with Gasteiger partial charge in [-0.3, -0.25) is 9.69 Å². The summed E-state index contributed by atoms with van der Waals surface area (Å²) < 4.78 is 4.87. The summed E-state index contributed by atoms with van der Waals surface area (Å²) in [6.45, 7) is 7.29. The van der Waals surface area contributed by atoms with Gasteiger partial charge in [0.1, 0.15) is 0 Å². The van der Waals surface area contributed by atoms with Gasteiger partial charge < -0.3 is 9.64 Å². The first kappa shape index (κ1) is 13.5. The monoisotopic (exact) mass is 228 g/mol. The summed E-state index contributed by atoms with van der Waals surface area (Å²) in [5.74, 6) is -0.0583. The van der Waals surface area contributed by atoms with Crippen molar-refractivity contribution < 1.29 is 9.53 Å². The normalized spacial score (nSPS) is 25.0. The van der Waals surface area contributed by atoms with Crippen molar-refractivity contribution in [3.05, 3.63) is 0 Å². The number of ether oxygens (including phenoxy) is 1. The number of carbonyl (C=O) groups is 1. The Kier molecular flexibility index (Phi) is 4.33. The molecule has 0 aromatic heterocycles. The Morgan fingerprint density at radius 1 is 1.50 bits per heavy atom. The first-order chi connectivity index (χ1) is 7.39. The Bertz CT molecular complexity index is 251. The lowest BCUT2D eigenvalue weighted by Crippen LogP contribution is -2.47. The predicted molar refractivity (Wildman–Crippen MR) is 64.3 cm³/mol. The molecule has 94 valence electrons. The van der Waals surface area contributed by atoms with E-state index in [-0.39, 0.29) is 17.4 Å². The van der Waals surface area contributed by atoms with E-state index >= 15 is 0 Å². The highest BCUT2D eigenvalue weighted by Crippen LogP contribution is 2.34. The molecule has 1 aliphatic heterocycles. The standard InChI is InChI=1S/C12H24N2O2/c1-12(2)10(11(15)16-5)6-7-14(12)9-8-13(3)4/h10H,6-9H2,1-5H3. The summed E-state index contributed by atoms with van der Waals surface area (Å²) in [5.41, 5.74) is -0.0803. The number of hydrogen-bond acceptors (Lipinski definition) is 4. The number of carbonyl (C=O) groups excluding carboxylic acids is 1. The zero-order chi connectivity index (χ0) is 12.3. The molecule has 1 rings (SSSR count). The van der Waals surface area contributed by atoms with Crippen molar-refractivity contribution >= 4 is 5.97 Å². The van der Waals surface area contributed by atoms with Crippen LogP contribution in [0.5, 0.6) is 0 Å². The van der Waals surface area contributed by atoms with Gasteiger partial charge in [0.15, 0.2) is 0 Å². The Labute approximate surface area is 98.5 Å². The number of methoxy groups -OCH3 is 1. The summed E-state index contributed by atoms with van der Waals surface area (Å²) in [7, 11) is 5.61. The molecule has 4 nitrogen and oxygen atoms in total. The Balaban J connectivity index is 2.60. The molecule has 0 saturated carbocycles. The quantitative estimate of drug-likeness (QED) is 0.667. The van der Waals surface area contributed by atoms with Crippen molar-refractivity contribution in [2.75, 3.05) is 40.8 Å². The van der Waals surface area contributed by atoms with Gasteiger partial charge in [-0.25, -0.2) is 0 Å². The number of likely N-dealkylation sites (N-methyl/N-ethyl adjacent to an activating group) is 1. The van der Waals surface area contributed by atoms with Crippen molar-refractivity contribution in [1.82, 2.24) is 9.80 Å². The van der Waals surface area contributed by atoms with Gasteiger partial charge in [-0.05, 0) is 40.9 Å². The molecule has 0 aromatic rings. The molecule has 0 bridgehead atoms. The average molecular weight is 228 g/mol. The summed E-state index contributed by atoms with van der Waals surface area (Å²) in [6, 6.07) is 0. The molecule has 4 heteroatoms. The highest BCUT2D eigenvalue weighted by atomic mass is 16.5. The molecule has 1 saturated heterocycles. The molecular formula is C12H24N2O2. The maximum absolute atomic E-state index is 11.7. The van der Waals surface area contributed by atoms with Crippen LogP contribution in [0.25, 0.3) is 0 Å². The topological polar surface area (TPSA) is 32.8 Å². The minimum absolute atomic E-state index is 0.0136. The molecule has 0 N–H and O–H groups in total. The second-order valence-electron chi connectivity index (χ2n) is 5.31. The molecule has 1 aliphatic rings. The molecule has 0 radical (unpaired) electrons. The van der Waals surface area contributed by atoms with E-state index in [1.165, 1.54) is 7.11 Å². The lowest BCUT2D eigenvalue weighted by Gasteiger charge is -2.35. The van der Waals surface area contributed by atoms with E-state index in [4.69, 9.17) is 4.74 Å². The van der Waals surface area contributed by atoms with Gasteiger partial charge >= 0.3 is 5.97 Å². The molecule has 1 unspecified atom stereocenters. The van der Waals surface area contributed by atoms with Gasteiger partial charge in [0.05, 0.1) is 13.0 Å². The highest BCUT2D eigenvalue weighted by molar-refractivity contribution is 5.74. The highest BCUT2D eigenvalue weighted by Gasteiger charge is 2.45. The molecule has 16 heavy (non-hydrogen) atoms. The lowest BCUT2D eigenvalue weighted by atomic mass is 9.88. The number of nitrogens with zero attached hydrogens (tertiary/aromatic N) is 2. The maximum Gasteiger partial charge on any atom is 0.310 e. The number of rotatable bonds is 4. The van der Waals surface area contributed by atoms with Gasteiger partial charge in [0.2, 0.25) is 0 Å². The van der Waals surface area contributed by atoms with E-state index in [0.29, 0.717) is 0 Å². The van der Waals surface area contributed by atoms with Crippen LogP contribution in [0, 0.1) is 5.92 Å². The molecule has 1 heterocycles. The van der Waals surface area contributed by atoms with E-state index < -0.39 is 0 Å². The maximum atomic E-state index is 11.7. The van der Waals surface area contributed by atoms with Crippen LogP contribution in [-0.4, -0.2) is 62.1 Å². The van der Waals surface area contributed by atoms with Crippen LogP contribution in [0.1, 0.15) is 20.3 Å². The summed E-state index contributed by atoms with van der Waals surface area (Å²) in [6.07, 6.45) is 0.910. The third kappa shape index (κ3) is 2.74. The lowest BCUT2D eigenvalue weighted by molar-refractivity contribution is -0.148. The Hall–Kier alpha value is -0.610. The van der Waals surface area contributed by atoms with Crippen molar-refractivity contribution in [2.24, 2.45) is 5.92 Å². The van der Waals surface area contributed by atoms with E-state index in [1.807, 2.05) is 0 Å². The number of esters is 1. The van der Waals surface area contributed by atoms with Crippen LogP contribution >= 0.6 is 0 Å². The van der Waals surface area contributed by atoms with Crippen molar-refractivity contribution in [3.8, 4) is 0 Å². The van der Waals surface area contributed by atoms with Crippen LogP contribution in [0.2, 0.25) is 0 Å². The molecular weight excluding hydrogens is 204 g/mol. The fourth-order valence-electron chi connectivity index (χ4n) is 2.42. The predicted octanol–water partition coefficient (Wildman–Crippen LogP) is 0.821.